The van der Waals surface area contributed by atoms with Crippen LogP contribution in [0.15, 0.2) is 18.2 Å². The monoisotopic (exact) mass is 223 g/mol. The van der Waals surface area contributed by atoms with Crippen molar-refractivity contribution in [3.8, 4) is 0 Å². The van der Waals surface area contributed by atoms with Crippen molar-refractivity contribution in [2.24, 2.45) is 5.92 Å². The van der Waals surface area contributed by atoms with Gasteiger partial charge in [-0.1, -0.05) is 38.5 Å². The van der Waals surface area contributed by atoms with Gasteiger partial charge in [0.05, 0.1) is 0 Å². The van der Waals surface area contributed by atoms with E-state index in [0.717, 1.165) is 24.1 Å². The molecule has 2 heteroatoms. The third-order valence-corrected chi connectivity index (χ3v) is 2.77. The number of hydrogen-bond donors (Lipinski definition) is 1. The first-order valence-electron chi connectivity index (χ1n) is 6.05. The van der Waals surface area contributed by atoms with Crippen molar-refractivity contribution in [2.45, 2.75) is 40.2 Å². The maximum Gasteiger partial charge on any atom is 0.128 e. The van der Waals surface area contributed by atoms with Crippen LogP contribution >= 0.6 is 0 Å². The third-order valence-electron chi connectivity index (χ3n) is 2.77. The molecule has 1 atom stereocenters. The van der Waals surface area contributed by atoms with E-state index in [-0.39, 0.29) is 11.9 Å². The third kappa shape index (κ3) is 3.31. The number of hydrogen-bond acceptors (Lipinski definition) is 1. The van der Waals surface area contributed by atoms with E-state index in [9.17, 15) is 4.39 Å². The van der Waals surface area contributed by atoms with Gasteiger partial charge in [0.1, 0.15) is 5.82 Å². The second-order valence-electron chi connectivity index (χ2n) is 4.70. The van der Waals surface area contributed by atoms with Crippen LogP contribution in [0.1, 0.15) is 44.4 Å². The molecular formula is C14H22FN. The number of aryl methyl sites for hydroxylation is 1. The second-order valence-corrected chi connectivity index (χ2v) is 4.70. The average Bonchev–Trinajstić information content (AvgIpc) is 2.23. The number of halogens is 1. The maximum atomic E-state index is 13.8. The molecule has 1 aromatic carbocycles. The van der Waals surface area contributed by atoms with Crippen molar-refractivity contribution in [2.75, 3.05) is 6.54 Å². The first-order chi connectivity index (χ1) is 7.56. The van der Waals surface area contributed by atoms with E-state index >= 15 is 0 Å². The van der Waals surface area contributed by atoms with E-state index in [1.54, 1.807) is 6.07 Å². The van der Waals surface area contributed by atoms with Gasteiger partial charge in [-0.15, -0.1) is 0 Å². The van der Waals surface area contributed by atoms with E-state index in [0.29, 0.717) is 5.92 Å². The highest BCUT2D eigenvalue weighted by molar-refractivity contribution is 5.27. The van der Waals surface area contributed by atoms with E-state index in [2.05, 4.69) is 26.1 Å². The van der Waals surface area contributed by atoms with Crippen LogP contribution in [-0.4, -0.2) is 6.54 Å². The highest BCUT2D eigenvalue weighted by Crippen LogP contribution is 2.25. The first kappa shape index (κ1) is 13.2. The fraction of sp³-hybridized carbons (Fsp3) is 0.571. The lowest BCUT2D eigenvalue weighted by molar-refractivity contribution is 0.398. The Morgan fingerprint density at radius 1 is 1.31 bits per heavy atom. The van der Waals surface area contributed by atoms with Gasteiger partial charge in [0.25, 0.3) is 0 Å². The van der Waals surface area contributed by atoms with Gasteiger partial charge in [-0.25, -0.2) is 4.39 Å². The Hall–Kier alpha value is -0.890. The van der Waals surface area contributed by atoms with Crippen molar-refractivity contribution in [3.05, 3.63) is 35.1 Å². The Bertz CT molecular complexity index is 334. The molecule has 0 spiro atoms. The van der Waals surface area contributed by atoms with E-state index < -0.39 is 0 Å². The summed E-state index contributed by atoms with van der Waals surface area (Å²) in [6, 6.07) is 5.44. The molecule has 1 N–H and O–H groups in total. The van der Waals surface area contributed by atoms with Gasteiger partial charge in [0.15, 0.2) is 0 Å². The quantitative estimate of drug-likeness (QED) is 0.800. The van der Waals surface area contributed by atoms with E-state index in [4.69, 9.17) is 0 Å². The smallest absolute Gasteiger partial charge is 0.128 e. The molecule has 1 rings (SSSR count). The molecule has 0 radical (unpaired) electrons. The molecule has 0 amide bonds. The minimum Gasteiger partial charge on any atom is -0.310 e. The normalized spacial score (nSPS) is 13.1. The maximum absolute atomic E-state index is 13.8. The highest BCUT2D eigenvalue weighted by Gasteiger charge is 2.18. The first-order valence-corrected chi connectivity index (χ1v) is 6.05. The summed E-state index contributed by atoms with van der Waals surface area (Å²) in [4.78, 5) is 0. The number of benzene rings is 1. The average molecular weight is 223 g/mol. The molecule has 1 nitrogen and oxygen atoms in total. The summed E-state index contributed by atoms with van der Waals surface area (Å²) in [5, 5.41) is 3.41. The Morgan fingerprint density at radius 2 is 2.00 bits per heavy atom. The van der Waals surface area contributed by atoms with Gasteiger partial charge < -0.3 is 5.32 Å². The van der Waals surface area contributed by atoms with Crippen molar-refractivity contribution < 1.29 is 4.39 Å². The minimum atomic E-state index is -0.104. The van der Waals surface area contributed by atoms with Crippen LogP contribution in [0.5, 0.6) is 0 Å². The zero-order chi connectivity index (χ0) is 12.1. The van der Waals surface area contributed by atoms with Crippen molar-refractivity contribution in [1.29, 1.82) is 0 Å². The largest absolute Gasteiger partial charge is 0.310 e. The predicted octanol–water partition coefficient (Wildman–Crippen LogP) is 3.83. The minimum absolute atomic E-state index is 0.104. The molecule has 0 bridgehead atoms. The topological polar surface area (TPSA) is 12.0 Å². The molecule has 0 saturated carbocycles. The highest BCUT2D eigenvalue weighted by atomic mass is 19.1. The number of nitrogens with one attached hydrogen (secondary N) is 1. The molecule has 90 valence electrons. The molecular weight excluding hydrogens is 201 g/mol. The molecule has 0 aliphatic rings. The van der Waals surface area contributed by atoms with Gasteiger partial charge >= 0.3 is 0 Å². The summed E-state index contributed by atoms with van der Waals surface area (Å²) in [5.41, 5.74) is 1.91. The van der Waals surface area contributed by atoms with Gasteiger partial charge in [0.2, 0.25) is 0 Å². The standard InChI is InChI=1S/C14H22FN/c1-5-8-16-14(10(2)3)12-9-11(4)6-7-13(12)15/h6-7,9-10,14,16H,5,8H2,1-4H3. The Morgan fingerprint density at radius 3 is 2.56 bits per heavy atom. The van der Waals surface area contributed by atoms with Crippen LogP contribution in [0, 0.1) is 18.7 Å². The molecule has 1 unspecified atom stereocenters. The van der Waals surface area contributed by atoms with E-state index in [1.807, 2.05) is 19.1 Å². The molecule has 16 heavy (non-hydrogen) atoms. The fourth-order valence-electron chi connectivity index (χ4n) is 1.91. The predicted molar refractivity (Wildman–Crippen MR) is 67.0 cm³/mol. The molecule has 0 aromatic heterocycles. The lowest BCUT2D eigenvalue weighted by Crippen LogP contribution is -2.27. The fourth-order valence-corrected chi connectivity index (χ4v) is 1.91. The van der Waals surface area contributed by atoms with Crippen LogP contribution in [0.3, 0.4) is 0 Å². The van der Waals surface area contributed by atoms with Crippen LogP contribution < -0.4 is 5.32 Å². The lowest BCUT2D eigenvalue weighted by atomic mass is 9.94. The molecule has 0 heterocycles. The Balaban J connectivity index is 2.95. The van der Waals surface area contributed by atoms with Crippen molar-refractivity contribution >= 4 is 0 Å². The van der Waals surface area contributed by atoms with Gasteiger partial charge in [-0.2, -0.15) is 0 Å². The molecule has 0 aliphatic carbocycles. The van der Waals surface area contributed by atoms with Crippen LogP contribution in [-0.2, 0) is 0 Å². The molecule has 1 aromatic rings. The summed E-state index contributed by atoms with van der Waals surface area (Å²) < 4.78 is 13.8. The summed E-state index contributed by atoms with van der Waals surface area (Å²) in [6.45, 7) is 9.29. The summed E-state index contributed by atoms with van der Waals surface area (Å²) in [5.74, 6) is 0.288. The SMILES string of the molecule is CCCNC(c1cc(C)ccc1F)C(C)C. The Labute approximate surface area is 98.1 Å². The summed E-state index contributed by atoms with van der Waals surface area (Å²) in [7, 11) is 0. The summed E-state index contributed by atoms with van der Waals surface area (Å²) >= 11 is 0. The zero-order valence-electron chi connectivity index (χ0n) is 10.7. The van der Waals surface area contributed by atoms with Crippen LogP contribution in [0.4, 0.5) is 4.39 Å². The second kappa shape index (κ2) is 6.00. The van der Waals surface area contributed by atoms with Crippen LogP contribution in [0.25, 0.3) is 0 Å². The Kier molecular flexibility index (Phi) is 4.94. The van der Waals surface area contributed by atoms with E-state index in [1.165, 1.54) is 0 Å². The molecule has 0 fully saturated rings. The number of rotatable bonds is 5. The lowest BCUT2D eigenvalue weighted by Gasteiger charge is -2.23. The zero-order valence-corrected chi connectivity index (χ0v) is 10.7. The van der Waals surface area contributed by atoms with Gasteiger partial charge in [-0.3, -0.25) is 0 Å². The summed E-state index contributed by atoms with van der Waals surface area (Å²) in [6.07, 6.45) is 1.07. The molecule has 0 aliphatic heterocycles. The van der Waals surface area contributed by atoms with Crippen LogP contribution in [0.2, 0.25) is 0 Å². The van der Waals surface area contributed by atoms with Crippen molar-refractivity contribution in [1.82, 2.24) is 5.32 Å². The van der Waals surface area contributed by atoms with Gasteiger partial charge in [0, 0.05) is 11.6 Å². The van der Waals surface area contributed by atoms with Crippen molar-refractivity contribution in [3.63, 3.8) is 0 Å². The van der Waals surface area contributed by atoms with Gasteiger partial charge in [-0.05, 0) is 31.9 Å². The molecule has 0 saturated heterocycles.